The number of methoxy groups -OCH3 is 6. The monoisotopic (exact) mass is 1190 g/mol. The van der Waals surface area contributed by atoms with Gasteiger partial charge in [0.15, 0.2) is 71.4 Å². The van der Waals surface area contributed by atoms with Crippen molar-refractivity contribution < 1.29 is 70.9 Å². The summed E-state index contributed by atoms with van der Waals surface area (Å²) in [7, 11) is 9.26. The lowest BCUT2D eigenvalue weighted by Gasteiger charge is -2.09. The molecule has 3 aromatic heterocycles. The highest BCUT2D eigenvalue weighted by atomic mass is 16.6. The van der Waals surface area contributed by atoms with Gasteiger partial charge in [-0.1, -0.05) is 89.5 Å². The first-order valence-electron chi connectivity index (χ1n) is 26.4. The van der Waals surface area contributed by atoms with Crippen LogP contribution in [0.2, 0.25) is 0 Å². The normalized spacial score (nSPS) is 10.2. The minimum Gasteiger partial charge on any atom is -0.493 e. The third-order valence-electron chi connectivity index (χ3n) is 12.0. The summed E-state index contributed by atoms with van der Waals surface area (Å²) in [5.41, 5.74) is 6.43. The molecule has 10 aromatic rings. The minimum absolute atomic E-state index is 0.165. The fourth-order valence-corrected chi connectivity index (χ4v) is 7.57. The number of rotatable bonds is 21. The summed E-state index contributed by atoms with van der Waals surface area (Å²) in [6, 6.07) is 49.9. The summed E-state index contributed by atoms with van der Waals surface area (Å²) in [5.74, 6) is 4.57. The van der Waals surface area contributed by atoms with Crippen LogP contribution in [0.5, 0.6) is 51.7 Å². The van der Waals surface area contributed by atoms with Crippen LogP contribution < -0.4 is 58.6 Å². The van der Waals surface area contributed by atoms with Gasteiger partial charge in [-0.15, -0.1) is 0 Å². The molecular weight excluding hydrogens is 1120 g/mol. The summed E-state index contributed by atoms with van der Waals surface area (Å²) >= 11 is 0. The number of ether oxygens (including phenoxy) is 9. The van der Waals surface area contributed by atoms with Gasteiger partial charge in [-0.25, -0.2) is 13.9 Å². The van der Waals surface area contributed by atoms with E-state index in [1.165, 1.54) is 21.3 Å². The van der Waals surface area contributed by atoms with E-state index < -0.39 is 0 Å². The van der Waals surface area contributed by atoms with Gasteiger partial charge in [-0.2, -0.15) is 0 Å². The number of anilines is 3. The van der Waals surface area contributed by atoms with Crippen LogP contribution in [0, 0.1) is 20.8 Å². The van der Waals surface area contributed by atoms with E-state index in [1.54, 1.807) is 112 Å². The Morgan fingerprint density at radius 3 is 0.805 bits per heavy atom. The maximum Gasteiger partial charge on any atom is 0.263 e. The third-order valence-corrected chi connectivity index (χ3v) is 12.0. The molecule has 87 heavy (non-hydrogen) atoms. The topological polar surface area (TPSA) is 287 Å². The molecule has 0 radical (unpaired) electrons. The van der Waals surface area contributed by atoms with Crippen LogP contribution in [0.4, 0.5) is 17.5 Å². The molecule has 450 valence electrons. The van der Waals surface area contributed by atoms with Crippen molar-refractivity contribution in [2.45, 2.75) is 20.8 Å². The molecule has 0 saturated heterocycles. The number of aryl methyl sites for hydroxylation is 3. The molecule has 0 fully saturated rings. The number of hydrogen-bond acceptors (Lipinski definition) is 21. The first-order chi connectivity index (χ1) is 42.3. The highest BCUT2D eigenvalue weighted by molar-refractivity contribution is 5.95. The zero-order chi connectivity index (χ0) is 61.9. The number of hydrogen-bond donors (Lipinski definition) is 3. The van der Waals surface area contributed by atoms with Crippen molar-refractivity contribution in [1.29, 1.82) is 0 Å². The second-order valence-corrected chi connectivity index (χ2v) is 18.2. The molecule has 0 unspecified atom stereocenters. The molecule has 0 atom stereocenters. The van der Waals surface area contributed by atoms with Crippen LogP contribution in [0.3, 0.4) is 0 Å². The quantitative estimate of drug-likeness (QED) is 0.0602. The van der Waals surface area contributed by atoms with Crippen LogP contribution >= 0.6 is 0 Å². The van der Waals surface area contributed by atoms with Gasteiger partial charge in [-0.05, 0) is 143 Å². The van der Waals surface area contributed by atoms with Gasteiger partial charge in [0.05, 0.1) is 42.7 Å². The minimum atomic E-state index is -0.381. The maximum absolute atomic E-state index is 12.2. The van der Waals surface area contributed by atoms with Crippen molar-refractivity contribution in [1.82, 2.24) is 30.9 Å². The number of amides is 3. The molecular formula is C63H63N9O15. The molecule has 0 spiro atoms. The molecule has 0 aliphatic carbocycles. The second kappa shape index (κ2) is 32.4. The number of nitrogens with one attached hydrogen (secondary N) is 3. The van der Waals surface area contributed by atoms with Crippen LogP contribution in [0.15, 0.2) is 178 Å². The van der Waals surface area contributed by atoms with Crippen LogP contribution in [0.25, 0.3) is 33.8 Å². The molecule has 0 saturated carbocycles. The van der Waals surface area contributed by atoms with Crippen molar-refractivity contribution in [2.75, 3.05) is 78.4 Å². The van der Waals surface area contributed by atoms with Gasteiger partial charge >= 0.3 is 0 Å². The number of carbonyl (C=O) groups is 3. The van der Waals surface area contributed by atoms with Gasteiger partial charge in [0.2, 0.25) is 17.5 Å². The number of nitrogens with zero attached hydrogens (tertiary/aromatic N) is 6. The Bertz CT molecular complexity index is 3370. The zero-order valence-electron chi connectivity index (χ0n) is 49.0. The Morgan fingerprint density at radius 2 is 0.575 bits per heavy atom. The fraction of sp³-hybridized carbons (Fsp3) is 0.190. The predicted octanol–water partition coefficient (Wildman–Crippen LogP) is 10.9. The Kier molecular flexibility index (Phi) is 23.5. The van der Waals surface area contributed by atoms with E-state index in [0.29, 0.717) is 85.5 Å². The lowest BCUT2D eigenvalue weighted by atomic mass is 10.1. The highest BCUT2D eigenvalue weighted by Gasteiger charge is 2.21. The Labute approximate surface area is 500 Å². The molecule has 0 aliphatic rings. The van der Waals surface area contributed by atoms with Crippen molar-refractivity contribution in [3.05, 3.63) is 180 Å². The van der Waals surface area contributed by atoms with Crippen LogP contribution in [-0.4, -0.2) is 111 Å². The van der Waals surface area contributed by atoms with Crippen LogP contribution in [-0.2, 0) is 14.4 Å². The molecule has 24 heteroatoms. The summed E-state index contributed by atoms with van der Waals surface area (Å²) in [6.07, 6.45) is 0. The van der Waals surface area contributed by atoms with E-state index in [0.717, 1.165) is 16.7 Å². The van der Waals surface area contributed by atoms with Gasteiger partial charge < -0.3 is 58.6 Å². The average Bonchev–Trinajstić information content (AvgIpc) is 4.55. The third kappa shape index (κ3) is 18.8. The van der Waals surface area contributed by atoms with Crippen LogP contribution in [0.1, 0.15) is 16.7 Å². The first kappa shape index (κ1) is 63.2. The van der Waals surface area contributed by atoms with E-state index >= 15 is 0 Å². The Morgan fingerprint density at radius 1 is 0.333 bits per heavy atom. The van der Waals surface area contributed by atoms with E-state index in [4.69, 9.17) is 56.5 Å². The van der Waals surface area contributed by atoms with Gasteiger partial charge in [-0.3, -0.25) is 14.4 Å². The predicted molar refractivity (Wildman–Crippen MR) is 321 cm³/mol. The van der Waals surface area contributed by atoms with Crippen molar-refractivity contribution in [3.63, 3.8) is 0 Å². The van der Waals surface area contributed by atoms with E-state index in [1.807, 2.05) is 93.6 Å². The van der Waals surface area contributed by atoms with E-state index in [-0.39, 0.29) is 55.0 Å². The summed E-state index contributed by atoms with van der Waals surface area (Å²) < 4.78 is 62.2. The molecule has 10 rings (SSSR count). The number of benzene rings is 7. The van der Waals surface area contributed by atoms with E-state index in [9.17, 15) is 14.4 Å². The van der Waals surface area contributed by atoms with Gasteiger partial charge in [0.25, 0.3) is 17.7 Å². The first-order valence-corrected chi connectivity index (χ1v) is 26.4. The molecule has 3 amide bonds. The standard InChI is InChI=1S/3C19H19N3O5.C6H6/c3*1-12-4-7-14(8-5-12)26-11-17(23)20-19-18(21-27-22-19)13-6-9-15(24-2)16(10-13)25-3;1-2-4-6-5-3-1/h3*4-10H,11H2,1-3H3,(H,20,22,23);1-6H. The maximum atomic E-state index is 12.2. The molecule has 7 aromatic carbocycles. The number of carbonyl (C=O) groups excluding carboxylic acids is 3. The fourth-order valence-electron chi connectivity index (χ4n) is 7.57. The SMILES string of the molecule is COc1ccc(-c2nonc2NC(=O)COc2ccc(C)cc2)cc1OC.COc1ccc(-c2nonc2NC(=O)COc2ccc(C)cc2)cc1OC.COc1ccc(-c2nonc2NC(=O)COc2ccc(C)cc2)cc1OC.c1ccccc1. The molecule has 3 heterocycles. The lowest BCUT2D eigenvalue weighted by molar-refractivity contribution is -0.118. The second-order valence-electron chi connectivity index (χ2n) is 18.2. The van der Waals surface area contributed by atoms with Crippen molar-refractivity contribution in [3.8, 4) is 85.5 Å². The largest absolute Gasteiger partial charge is 0.493 e. The zero-order valence-corrected chi connectivity index (χ0v) is 49.0. The summed E-state index contributed by atoms with van der Waals surface area (Å²) in [5, 5.41) is 30.7. The van der Waals surface area contributed by atoms with Crippen molar-refractivity contribution in [2.24, 2.45) is 0 Å². The van der Waals surface area contributed by atoms with E-state index in [2.05, 4.69) is 46.9 Å². The van der Waals surface area contributed by atoms with Gasteiger partial charge in [0.1, 0.15) is 17.2 Å². The average molecular weight is 1190 g/mol. The van der Waals surface area contributed by atoms with Gasteiger partial charge in [0, 0.05) is 16.7 Å². The lowest BCUT2D eigenvalue weighted by Crippen LogP contribution is -2.20. The molecule has 24 nitrogen and oxygen atoms in total. The molecule has 0 bridgehead atoms. The number of aromatic nitrogens is 6. The summed E-state index contributed by atoms with van der Waals surface area (Å²) in [4.78, 5) is 36.5. The Hall–Kier alpha value is -11.4. The molecule has 0 aliphatic heterocycles. The smallest absolute Gasteiger partial charge is 0.263 e. The Balaban J connectivity index is 0.000000177. The summed E-state index contributed by atoms with van der Waals surface area (Å²) in [6.45, 7) is 5.43. The molecule has 3 N–H and O–H groups in total. The highest BCUT2D eigenvalue weighted by Crippen LogP contribution is 2.37. The van der Waals surface area contributed by atoms with Crippen molar-refractivity contribution >= 4 is 35.2 Å².